The van der Waals surface area contributed by atoms with Crippen molar-refractivity contribution in [3.05, 3.63) is 51.6 Å². The van der Waals surface area contributed by atoms with Crippen molar-refractivity contribution in [2.45, 2.75) is 51.2 Å². The second-order valence-corrected chi connectivity index (χ2v) is 8.82. The van der Waals surface area contributed by atoms with Gasteiger partial charge in [-0.05, 0) is 41.5 Å². The number of hydrogen-bond acceptors (Lipinski definition) is 5. The highest BCUT2D eigenvalue weighted by Crippen LogP contribution is 2.22. The average Bonchev–Trinajstić information content (AvgIpc) is 3.15. The van der Waals surface area contributed by atoms with E-state index in [1.807, 2.05) is 29.6 Å². The van der Waals surface area contributed by atoms with Crippen LogP contribution in [0.2, 0.25) is 0 Å². The summed E-state index contributed by atoms with van der Waals surface area (Å²) in [4.78, 5) is 29.8. The molecule has 5 nitrogen and oxygen atoms in total. The van der Waals surface area contributed by atoms with Crippen LogP contribution < -0.4 is 10.9 Å². The van der Waals surface area contributed by atoms with Gasteiger partial charge in [0.05, 0.1) is 11.3 Å². The second kappa shape index (κ2) is 9.39. The number of thiophene rings is 1. The summed E-state index contributed by atoms with van der Waals surface area (Å²) in [5.74, 6) is 0.508. The largest absolute Gasteiger partial charge is 0.325 e. The summed E-state index contributed by atoms with van der Waals surface area (Å²) in [5, 5.41) is 5.43. The summed E-state index contributed by atoms with van der Waals surface area (Å²) in [6.07, 6.45) is 1.89. The van der Waals surface area contributed by atoms with Crippen LogP contribution in [0.3, 0.4) is 0 Å². The van der Waals surface area contributed by atoms with Gasteiger partial charge in [0.2, 0.25) is 5.91 Å². The van der Waals surface area contributed by atoms with E-state index in [0.29, 0.717) is 27.8 Å². The van der Waals surface area contributed by atoms with E-state index in [9.17, 15) is 9.59 Å². The summed E-state index contributed by atoms with van der Waals surface area (Å²) in [6, 6.07) is 9.75. The van der Waals surface area contributed by atoms with E-state index in [1.165, 1.54) is 28.7 Å². The lowest BCUT2D eigenvalue weighted by Crippen LogP contribution is -2.23. The first kappa shape index (κ1) is 20.6. The van der Waals surface area contributed by atoms with Gasteiger partial charge in [0.1, 0.15) is 4.70 Å². The Balaban J connectivity index is 1.74. The summed E-state index contributed by atoms with van der Waals surface area (Å²) < 4.78 is 2.38. The molecular formula is C21H25N3O2S2. The van der Waals surface area contributed by atoms with E-state index in [2.05, 4.69) is 37.1 Å². The molecule has 0 unspecified atom stereocenters. The Bertz CT molecular complexity index is 1020. The first-order valence-corrected chi connectivity index (χ1v) is 11.4. The minimum atomic E-state index is -0.104. The van der Waals surface area contributed by atoms with Crippen LogP contribution in [0.15, 0.2) is 45.7 Å². The Morgan fingerprint density at radius 2 is 2.14 bits per heavy atom. The lowest BCUT2D eigenvalue weighted by atomic mass is 10.0. The molecule has 0 radical (unpaired) electrons. The van der Waals surface area contributed by atoms with Gasteiger partial charge in [-0.25, -0.2) is 4.98 Å². The molecule has 1 N–H and O–H groups in total. The number of unbranched alkanes of at least 4 members (excludes halogenated alkanes) is 1. The van der Waals surface area contributed by atoms with Gasteiger partial charge in [-0.3, -0.25) is 14.2 Å². The molecule has 0 aliphatic heterocycles. The van der Waals surface area contributed by atoms with E-state index in [-0.39, 0.29) is 17.2 Å². The zero-order valence-corrected chi connectivity index (χ0v) is 18.0. The van der Waals surface area contributed by atoms with Crippen LogP contribution in [0.25, 0.3) is 10.2 Å². The van der Waals surface area contributed by atoms with Gasteiger partial charge in [0.15, 0.2) is 5.16 Å². The van der Waals surface area contributed by atoms with E-state index in [0.717, 1.165) is 18.5 Å². The first-order chi connectivity index (χ1) is 13.5. The quantitative estimate of drug-likeness (QED) is 0.410. The molecule has 3 aromatic rings. The molecule has 148 valence electrons. The number of carbonyl (C=O) groups is 1. The van der Waals surface area contributed by atoms with Crippen molar-refractivity contribution in [1.29, 1.82) is 0 Å². The van der Waals surface area contributed by atoms with E-state index >= 15 is 0 Å². The number of rotatable bonds is 8. The summed E-state index contributed by atoms with van der Waals surface area (Å²) in [5.41, 5.74) is 2.67. The highest BCUT2D eigenvalue weighted by molar-refractivity contribution is 7.99. The number of nitrogens with zero attached hydrogens (tertiary/aromatic N) is 2. The maximum atomic E-state index is 12.8. The van der Waals surface area contributed by atoms with Crippen molar-refractivity contribution in [1.82, 2.24) is 9.55 Å². The zero-order chi connectivity index (χ0) is 20.1. The molecule has 28 heavy (non-hydrogen) atoms. The molecule has 0 atom stereocenters. The van der Waals surface area contributed by atoms with Crippen molar-refractivity contribution in [2.75, 3.05) is 11.1 Å². The van der Waals surface area contributed by atoms with Crippen molar-refractivity contribution in [3.8, 4) is 0 Å². The standard InChI is InChI=1S/C21H25N3O2S2/c1-4-5-10-24-20(26)19-17(9-11-27-19)23-21(24)28-13-18(25)22-16-8-6-7-15(12-16)14(2)3/h6-9,11-12,14H,4-5,10,13H2,1-3H3,(H,22,25). The number of nitrogens with one attached hydrogen (secondary N) is 1. The average molecular weight is 416 g/mol. The first-order valence-electron chi connectivity index (χ1n) is 9.50. The molecule has 0 aliphatic carbocycles. The SMILES string of the molecule is CCCCn1c(SCC(=O)Nc2cccc(C(C)C)c2)nc2ccsc2c1=O. The lowest BCUT2D eigenvalue weighted by molar-refractivity contribution is -0.113. The number of thioether (sulfide) groups is 1. The Morgan fingerprint density at radius 3 is 2.89 bits per heavy atom. The molecule has 1 amide bonds. The predicted molar refractivity (Wildman–Crippen MR) is 119 cm³/mol. The van der Waals surface area contributed by atoms with E-state index in [4.69, 9.17) is 0 Å². The summed E-state index contributed by atoms with van der Waals surface area (Å²) in [6.45, 7) is 6.96. The normalized spacial score (nSPS) is 11.3. The molecule has 0 bridgehead atoms. The van der Waals surface area contributed by atoms with E-state index < -0.39 is 0 Å². The molecule has 0 saturated carbocycles. The van der Waals surface area contributed by atoms with Gasteiger partial charge in [0, 0.05) is 12.2 Å². The number of hydrogen-bond donors (Lipinski definition) is 1. The van der Waals surface area contributed by atoms with Crippen LogP contribution in [0.5, 0.6) is 0 Å². The summed E-state index contributed by atoms with van der Waals surface area (Å²) >= 11 is 2.73. The van der Waals surface area contributed by atoms with Crippen LogP contribution in [0, 0.1) is 0 Å². The van der Waals surface area contributed by atoms with Gasteiger partial charge in [-0.1, -0.05) is 51.1 Å². The van der Waals surface area contributed by atoms with Gasteiger partial charge in [-0.2, -0.15) is 0 Å². The highest BCUT2D eigenvalue weighted by Gasteiger charge is 2.14. The fraction of sp³-hybridized carbons (Fsp3) is 0.381. The number of aromatic nitrogens is 2. The maximum absolute atomic E-state index is 12.8. The second-order valence-electron chi connectivity index (χ2n) is 6.96. The molecule has 0 spiro atoms. The third-order valence-electron chi connectivity index (χ3n) is 4.44. The number of benzene rings is 1. The highest BCUT2D eigenvalue weighted by atomic mass is 32.2. The maximum Gasteiger partial charge on any atom is 0.272 e. The van der Waals surface area contributed by atoms with Crippen LogP contribution in [-0.2, 0) is 11.3 Å². The lowest BCUT2D eigenvalue weighted by Gasteiger charge is -2.12. The monoisotopic (exact) mass is 415 g/mol. The Morgan fingerprint density at radius 1 is 1.32 bits per heavy atom. The van der Waals surface area contributed by atoms with Gasteiger partial charge in [0.25, 0.3) is 5.56 Å². The Hall–Kier alpha value is -2.12. The zero-order valence-electron chi connectivity index (χ0n) is 16.4. The third-order valence-corrected chi connectivity index (χ3v) is 6.30. The van der Waals surface area contributed by atoms with Crippen LogP contribution in [0.1, 0.15) is 45.1 Å². The van der Waals surface area contributed by atoms with Crippen molar-refractivity contribution in [3.63, 3.8) is 0 Å². The molecule has 7 heteroatoms. The van der Waals surface area contributed by atoms with Crippen LogP contribution in [0.4, 0.5) is 5.69 Å². The molecule has 2 aromatic heterocycles. The molecule has 1 aromatic carbocycles. The number of anilines is 1. The van der Waals surface area contributed by atoms with Gasteiger partial charge in [-0.15, -0.1) is 11.3 Å². The molecule has 0 fully saturated rings. The molecular weight excluding hydrogens is 390 g/mol. The van der Waals surface area contributed by atoms with Crippen LogP contribution in [-0.4, -0.2) is 21.2 Å². The Labute approximate surface area is 173 Å². The fourth-order valence-corrected chi connectivity index (χ4v) is 4.45. The molecule has 0 aliphatic rings. The van der Waals surface area contributed by atoms with Crippen LogP contribution >= 0.6 is 23.1 Å². The van der Waals surface area contributed by atoms with Gasteiger partial charge >= 0.3 is 0 Å². The minimum Gasteiger partial charge on any atom is -0.325 e. The van der Waals surface area contributed by atoms with Crippen molar-refractivity contribution in [2.24, 2.45) is 0 Å². The van der Waals surface area contributed by atoms with Gasteiger partial charge < -0.3 is 5.32 Å². The number of fused-ring (bicyclic) bond motifs is 1. The van der Waals surface area contributed by atoms with Crippen molar-refractivity contribution < 1.29 is 4.79 Å². The smallest absolute Gasteiger partial charge is 0.272 e. The number of carbonyl (C=O) groups excluding carboxylic acids is 1. The Kier molecular flexibility index (Phi) is 6.91. The fourth-order valence-electron chi connectivity index (χ4n) is 2.85. The molecule has 2 heterocycles. The van der Waals surface area contributed by atoms with E-state index in [1.54, 1.807) is 4.57 Å². The number of amides is 1. The van der Waals surface area contributed by atoms with Crippen molar-refractivity contribution >= 4 is 44.9 Å². The third kappa shape index (κ3) is 4.83. The minimum absolute atomic E-state index is 0.0130. The predicted octanol–water partition coefficient (Wildman–Crippen LogP) is 5.11. The topological polar surface area (TPSA) is 64.0 Å². The molecule has 3 rings (SSSR count). The molecule has 0 saturated heterocycles. The summed E-state index contributed by atoms with van der Waals surface area (Å²) in [7, 11) is 0.